The van der Waals surface area contributed by atoms with Gasteiger partial charge in [0.25, 0.3) is 0 Å². The van der Waals surface area contributed by atoms with Gasteiger partial charge in [-0.25, -0.2) is 0 Å². The minimum Gasteiger partial charge on any atom is -0.507 e. The van der Waals surface area contributed by atoms with E-state index in [1.807, 2.05) is 0 Å². The molecular formula is C18H16O7. The lowest BCUT2D eigenvalue weighted by Crippen LogP contribution is -2.02. The van der Waals surface area contributed by atoms with Crippen molar-refractivity contribution in [2.45, 2.75) is 6.61 Å². The maximum atomic E-state index is 12.4. The summed E-state index contributed by atoms with van der Waals surface area (Å²) in [6.45, 7) is -0.607. The Balaban J connectivity index is 2.24. The first-order valence-electron chi connectivity index (χ1n) is 7.35. The molecule has 25 heavy (non-hydrogen) atoms. The average molecular weight is 344 g/mol. The molecule has 3 N–H and O–H groups in total. The summed E-state index contributed by atoms with van der Waals surface area (Å²) in [6, 6.07) is 7.41. The topological polar surface area (TPSA) is 109 Å². The quantitative estimate of drug-likeness (QED) is 0.666. The first-order valence-corrected chi connectivity index (χ1v) is 7.35. The summed E-state index contributed by atoms with van der Waals surface area (Å²) in [4.78, 5) is 12.4. The Morgan fingerprint density at radius 2 is 1.76 bits per heavy atom. The van der Waals surface area contributed by atoms with Crippen LogP contribution in [0.5, 0.6) is 23.0 Å². The predicted octanol–water partition coefficient (Wildman–Crippen LogP) is 2.38. The van der Waals surface area contributed by atoms with Crippen LogP contribution in [0.2, 0.25) is 0 Å². The number of phenols is 2. The summed E-state index contributed by atoms with van der Waals surface area (Å²) in [5.41, 5.74) is -0.0664. The van der Waals surface area contributed by atoms with Gasteiger partial charge in [0.05, 0.1) is 26.4 Å². The van der Waals surface area contributed by atoms with Crippen LogP contribution in [-0.2, 0) is 6.61 Å². The van der Waals surface area contributed by atoms with E-state index in [0.29, 0.717) is 17.1 Å². The molecule has 0 bridgehead atoms. The second kappa shape index (κ2) is 6.37. The number of fused-ring (bicyclic) bond motifs is 1. The van der Waals surface area contributed by atoms with Crippen molar-refractivity contribution in [1.29, 1.82) is 0 Å². The van der Waals surface area contributed by atoms with E-state index in [0.717, 1.165) is 0 Å². The molecule has 7 heteroatoms. The molecule has 0 aliphatic heterocycles. The minimum atomic E-state index is -0.607. The van der Waals surface area contributed by atoms with Gasteiger partial charge in [-0.05, 0) is 18.2 Å². The fourth-order valence-electron chi connectivity index (χ4n) is 2.62. The Labute approximate surface area is 142 Å². The van der Waals surface area contributed by atoms with Gasteiger partial charge in [0.2, 0.25) is 0 Å². The first kappa shape index (κ1) is 16.7. The van der Waals surface area contributed by atoms with Gasteiger partial charge >= 0.3 is 0 Å². The molecule has 0 aliphatic carbocycles. The van der Waals surface area contributed by atoms with Crippen molar-refractivity contribution in [3.05, 3.63) is 46.1 Å². The van der Waals surface area contributed by atoms with Gasteiger partial charge in [0, 0.05) is 17.7 Å². The van der Waals surface area contributed by atoms with Gasteiger partial charge in [0.15, 0.2) is 16.9 Å². The molecule has 0 aliphatic rings. The smallest absolute Gasteiger partial charge is 0.197 e. The average Bonchev–Trinajstić information content (AvgIpc) is 2.60. The van der Waals surface area contributed by atoms with Crippen LogP contribution in [0, 0.1) is 0 Å². The number of hydrogen-bond acceptors (Lipinski definition) is 7. The molecule has 7 nitrogen and oxygen atoms in total. The summed E-state index contributed by atoms with van der Waals surface area (Å²) in [7, 11) is 3.00. The predicted molar refractivity (Wildman–Crippen MR) is 90.3 cm³/mol. The second-order valence-electron chi connectivity index (χ2n) is 5.30. The van der Waals surface area contributed by atoms with E-state index in [4.69, 9.17) is 13.9 Å². The Morgan fingerprint density at radius 1 is 1.04 bits per heavy atom. The Morgan fingerprint density at radius 3 is 2.40 bits per heavy atom. The molecule has 0 amide bonds. The lowest BCUT2D eigenvalue weighted by atomic mass is 10.1. The molecule has 3 aromatic rings. The number of hydrogen-bond donors (Lipinski definition) is 3. The lowest BCUT2D eigenvalue weighted by molar-refractivity contribution is 0.269. The third-order valence-electron chi connectivity index (χ3n) is 3.90. The molecule has 0 fully saturated rings. The highest BCUT2D eigenvalue weighted by Crippen LogP contribution is 2.37. The molecule has 1 aromatic heterocycles. The Kier molecular flexibility index (Phi) is 4.24. The number of ether oxygens (including phenoxy) is 2. The van der Waals surface area contributed by atoms with E-state index < -0.39 is 17.8 Å². The van der Waals surface area contributed by atoms with Crippen LogP contribution in [-0.4, -0.2) is 29.5 Å². The van der Waals surface area contributed by atoms with Crippen LogP contribution in [0.15, 0.2) is 39.5 Å². The molecule has 0 saturated heterocycles. The summed E-state index contributed by atoms with van der Waals surface area (Å²) < 4.78 is 16.1. The van der Waals surface area contributed by atoms with E-state index in [2.05, 4.69) is 0 Å². The number of aliphatic hydroxyl groups excluding tert-OH is 1. The van der Waals surface area contributed by atoms with Gasteiger partial charge in [-0.2, -0.15) is 0 Å². The van der Waals surface area contributed by atoms with Crippen LogP contribution in [0.3, 0.4) is 0 Å². The van der Waals surface area contributed by atoms with E-state index in [1.165, 1.54) is 26.4 Å². The minimum absolute atomic E-state index is 0.00415. The summed E-state index contributed by atoms with van der Waals surface area (Å²) in [5, 5.41) is 29.1. The van der Waals surface area contributed by atoms with Gasteiger partial charge < -0.3 is 29.2 Å². The van der Waals surface area contributed by atoms with E-state index in [9.17, 15) is 20.1 Å². The van der Waals surface area contributed by atoms with Crippen LogP contribution in [0.1, 0.15) is 5.56 Å². The largest absolute Gasteiger partial charge is 0.507 e. The normalized spacial score (nSPS) is 10.8. The van der Waals surface area contributed by atoms with Gasteiger partial charge in [-0.3, -0.25) is 4.79 Å². The van der Waals surface area contributed by atoms with E-state index in [-0.39, 0.29) is 28.0 Å². The van der Waals surface area contributed by atoms with Crippen LogP contribution >= 0.6 is 0 Å². The van der Waals surface area contributed by atoms with Crippen LogP contribution < -0.4 is 14.9 Å². The van der Waals surface area contributed by atoms with Crippen molar-refractivity contribution in [3.63, 3.8) is 0 Å². The molecule has 1 heterocycles. The number of aliphatic hydroxyl groups is 1. The molecule has 130 valence electrons. The van der Waals surface area contributed by atoms with Crippen molar-refractivity contribution >= 4 is 11.0 Å². The molecule has 2 aromatic carbocycles. The van der Waals surface area contributed by atoms with Crippen LogP contribution in [0.4, 0.5) is 0 Å². The molecular weight excluding hydrogens is 328 g/mol. The monoisotopic (exact) mass is 344 g/mol. The number of aromatic hydroxyl groups is 2. The summed E-state index contributed by atoms with van der Waals surface area (Å²) in [6.07, 6.45) is 0. The van der Waals surface area contributed by atoms with Gasteiger partial charge in [-0.1, -0.05) is 0 Å². The van der Waals surface area contributed by atoms with Crippen molar-refractivity contribution in [3.8, 4) is 34.3 Å². The Hall–Kier alpha value is -3.19. The van der Waals surface area contributed by atoms with Crippen molar-refractivity contribution < 1.29 is 29.2 Å². The zero-order valence-electron chi connectivity index (χ0n) is 13.6. The third-order valence-corrected chi connectivity index (χ3v) is 3.90. The van der Waals surface area contributed by atoms with Crippen molar-refractivity contribution in [2.24, 2.45) is 0 Å². The molecule has 3 rings (SSSR count). The number of methoxy groups -OCH3 is 2. The standard InChI is InChI=1S/C18H16O7/c1-23-13-4-3-9(5-15(13)24-2)14-7-12(21)17-16(25-14)6-11(20)10(8-19)18(17)22/h3-7,19-20,22H,8H2,1-2H3. The highest BCUT2D eigenvalue weighted by atomic mass is 16.5. The molecule has 0 spiro atoms. The second-order valence-corrected chi connectivity index (χ2v) is 5.30. The maximum absolute atomic E-state index is 12.4. The van der Waals surface area contributed by atoms with E-state index in [1.54, 1.807) is 18.2 Å². The number of rotatable bonds is 4. The highest BCUT2D eigenvalue weighted by molar-refractivity contribution is 5.88. The van der Waals surface area contributed by atoms with Gasteiger partial charge in [-0.15, -0.1) is 0 Å². The fraction of sp³-hybridized carbons (Fsp3) is 0.167. The number of benzene rings is 2. The SMILES string of the molecule is COc1ccc(-c2cc(=O)c3c(O)c(CO)c(O)cc3o2)cc1OC. The Bertz CT molecular complexity index is 1000. The maximum Gasteiger partial charge on any atom is 0.197 e. The molecule has 0 radical (unpaired) electrons. The molecule has 0 saturated carbocycles. The third kappa shape index (κ3) is 2.74. The lowest BCUT2D eigenvalue weighted by Gasteiger charge is -2.11. The molecule has 0 atom stereocenters. The molecule has 0 unspecified atom stereocenters. The highest BCUT2D eigenvalue weighted by Gasteiger charge is 2.18. The summed E-state index contributed by atoms with van der Waals surface area (Å²) >= 11 is 0. The van der Waals surface area contributed by atoms with Crippen LogP contribution in [0.25, 0.3) is 22.3 Å². The van der Waals surface area contributed by atoms with E-state index >= 15 is 0 Å². The van der Waals surface area contributed by atoms with Crippen molar-refractivity contribution in [2.75, 3.05) is 14.2 Å². The zero-order chi connectivity index (χ0) is 18.1. The first-order chi connectivity index (χ1) is 12.0. The fourth-order valence-corrected chi connectivity index (χ4v) is 2.62. The zero-order valence-corrected chi connectivity index (χ0v) is 13.6. The van der Waals surface area contributed by atoms with Gasteiger partial charge in [0.1, 0.15) is 28.2 Å². The van der Waals surface area contributed by atoms with Crippen molar-refractivity contribution in [1.82, 2.24) is 0 Å². The summed E-state index contributed by atoms with van der Waals surface area (Å²) in [5.74, 6) is 0.362.